The first kappa shape index (κ1) is 15.5. The number of aromatic amines is 1. The van der Waals surface area contributed by atoms with Crippen LogP contribution in [-0.2, 0) is 6.61 Å². The van der Waals surface area contributed by atoms with Gasteiger partial charge in [0.05, 0.1) is 12.0 Å². The van der Waals surface area contributed by atoms with Crippen molar-refractivity contribution in [3.8, 4) is 22.9 Å². The molecule has 1 heterocycles. The highest BCUT2D eigenvalue weighted by Crippen LogP contribution is 2.21. The molecule has 0 amide bonds. The number of rotatable bonds is 6. The quantitative estimate of drug-likeness (QED) is 0.552. The summed E-state index contributed by atoms with van der Waals surface area (Å²) in [6.45, 7) is 0.203. The molecule has 1 N–H and O–H groups in total. The van der Waals surface area contributed by atoms with Gasteiger partial charge in [-0.1, -0.05) is 12.1 Å². The van der Waals surface area contributed by atoms with Gasteiger partial charge in [-0.25, -0.2) is 4.98 Å². The van der Waals surface area contributed by atoms with E-state index in [4.69, 9.17) is 9.47 Å². The molecule has 0 atom stereocenters. The molecule has 0 aliphatic carbocycles. The van der Waals surface area contributed by atoms with E-state index in [0.29, 0.717) is 23.0 Å². The van der Waals surface area contributed by atoms with E-state index in [1.54, 1.807) is 43.5 Å². The van der Waals surface area contributed by atoms with Crippen molar-refractivity contribution < 1.29 is 14.4 Å². The van der Waals surface area contributed by atoms with E-state index in [9.17, 15) is 10.1 Å². The van der Waals surface area contributed by atoms with E-state index >= 15 is 0 Å². The van der Waals surface area contributed by atoms with Gasteiger partial charge in [0.25, 0.3) is 5.69 Å². The number of ether oxygens (including phenoxy) is 2. The van der Waals surface area contributed by atoms with Crippen LogP contribution in [0.3, 0.4) is 0 Å². The van der Waals surface area contributed by atoms with Crippen LogP contribution in [0.5, 0.6) is 11.5 Å². The normalized spacial score (nSPS) is 10.4. The molecule has 0 bridgehead atoms. The van der Waals surface area contributed by atoms with E-state index < -0.39 is 4.92 Å². The predicted octanol–water partition coefficient (Wildman–Crippen LogP) is 2.97. The molecule has 0 radical (unpaired) electrons. The lowest BCUT2D eigenvalue weighted by Gasteiger charge is -2.04. The fraction of sp³-hybridized carbons (Fsp3) is 0.125. The standard InChI is InChI=1S/C16H14N4O4/c1-23-13-5-7-14(8-6-13)24-10-15-17-16(19-18-15)11-3-2-4-12(9-11)20(21)22/h2-9H,10H2,1H3,(H,17,18,19). The van der Waals surface area contributed by atoms with Crippen LogP contribution in [0.2, 0.25) is 0 Å². The number of hydrogen-bond acceptors (Lipinski definition) is 6. The second-order valence-corrected chi connectivity index (χ2v) is 4.88. The molecule has 0 fully saturated rings. The summed E-state index contributed by atoms with van der Waals surface area (Å²) >= 11 is 0. The third kappa shape index (κ3) is 3.49. The van der Waals surface area contributed by atoms with Crippen molar-refractivity contribution in [2.24, 2.45) is 0 Å². The number of nitro groups is 1. The number of nitrogens with one attached hydrogen (secondary N) is 1. The van der Waals surface area contributed by atoms with Gasteiger partial charge >= 0.3 is 0 Å². The first-order valence-electron chi connectivity index (χ1n) is 7.08. The lowest BCUT2D eigenvalue weighted by atomic mass is 10.2. The summed E-state index contributed by atoms with van der Waals surface area (Å²) in [5.74, 6) is 2.32. The van der Waals surface area contributed by atoms with Crippen molar-refractivity contribution in [1.82, 2.24) is 15.2 Å². The maximum Gasteiger partial charge on any atom is 0.270 e. The van der Waals surface area contributed by atoms with Crippen molar-refractivity contribution in [1.29, 1.82) is 0 Å². The van der Waals surface area contributed by atoms with Crippen LogP contribution in [0.1, 0.15) is 5.82 Å². The lowest BCUT2D eigenvalue weighted by molar-refractivity contribution is -0.384. The molecule has 24 heavy (non-hydrogen) atoms. The molecule has 0 spiro atoms. The van der Waals surface area contributed by atoms with Crippen LogP contribution >= 0.6 is 0 Å². The summed E-state index contributed by atoms with van der Waals surface area (Å²) < 4.78 is 10.7. The first-order valence-corrected chi connectivity index (χ1v) is 7.08. The molecule has 3 aromatic rings. The highest BCUT2D eigenvalue weighted by Gasteiger charge is 2.11. The zero-order chi connectivity index (χ0) is 16.9. The van der Waals surface area contributed by atoms with Crippen molar-refractivity contribution in [3.63, 3.8) is 0 Å². The highest BCUT2D eigenvalue weighted by atomic mass is 16.6. The number of methoxy groups -OCH3 is 1. The molecule has 0 unspecified atom stereocenters. The van der Waals surface area contributed by atoms with E-state index in [2.05, 4.69) is 15.2 Å². The van der Waals surface area contributed by atoms with Gasteiger partial charge in [-0.15, -0.1) is 0 Å². The minimum Gasteiger partial charge on any atom is -0.497 e. The van der Waals surface area contributed by atoms with Crippen LogP contribution in [0, 0.1) is 10.1 Å². The maximum absolute atomic E-state index is 10.8. The molecule has 1 aromatic heterocycles. The number of nitro benzene ring substituents is 1. The van der Waals surface area contributed by atoms with Gasteiger partial charge in [0, 0.05) is 17.7 Å². The average Bonchev–Trinajstić information content (AvgIpc) is 3.09. The van der Waals surface area contributed by atoms with Crippen LogP contribution in [-0.4, -0.2) is 27.2 Å². The van der Waals surface area contributed by atoms with Gasteiger partial charge < -0.3 is 9.47 Å². The van der Waals surface area contributed by atoms with Crippen molar-refractivity contribution in [3.05, 3.63) is 64.5 Å². The minimum atomic E-state index is -0.455. The Kier molecular flexibility index (Phi) is 4.37. The van der Waals surface area contributed by atoms with Crippen LogP contribution in [0.15, 0.2) is 48.5 Å². The Morgan fingerprint density at radius 1 is 1.17 bits per heavy atom. The van der Waals surface area contributed by atoms with Crippen molar-refractivity contribution >= 4 is 5.69 Å². The number of benzene rings is 2. The summed E-state index contributed by atoms with van der Waals surface area (Å²) in [4.78, 5) is 14.7. The average molecular weight is 326 g/mol. The number of hydrogen-bond donors (Lipinski definition) is 1. The molecule has 8 nitrogen and oxygen atoms in total. The van der Waals surface area contributed by atoms with Gasteiger partial charge in [0.2, 0.25) is 0 Å². The van der Waals surface area contributed by atoms with E-state index in [0.717, 1.165) is 5.75 Å². The molecule has 0 aliphatic heterocycles. The molecule has 8 heteroatoms. The number of aromatic nitrogens is 3. The lowest BCUT2D eigenvalue weighted by Crippen LogP contribution is -1.97. The van der Waals surface area contributed by atoms with Gasteiger partial charge in [-0.2, -0.15) is 5.10 Å². The predicted molar refractivity (Wildman–Crippen MR) is 85.8 cm³/mol. The monoisotopic (exact) mass is 326 g/mol. The Labute approximate surface area is 137 Å². The molecular weight excluding hydrogens is 312 g/mol. The third-order valence-corrected chi connectivity index (χ3v) is 3.28. The summed E-state index contributed by atoms with van der Waals surface area (Å²) in [6.07, 6.45) is 0. The highest BCUT2D eigenvalue weighted by molar-refractivity contribution is 5.58. The fourth-order valence-corrected chi connectivity index (χ4v) is 2.07. The smallest absolute Gasteiger partial charge is 0.270 e. The first-order chi connectivity index (χ1) is 11.7. The largest absolute Gasteiger partial charge is 0.497 e. The number of nitrogens with zero attached hydrogens (tertiary/aromatic N) is 3. The van der Waals surface area contributed by atoms with Crippen LogP contribution in [0.4, 0.5) is 5.69 Å². The maximum atomic E-state index is 10.8. The van der Waals surface area contributed by atoms with Gasteiger partial charge in [0.15, 0.2) is 11.6 Å². The van der Waals surface area contributed by atoms with E-state index in [1.165, 1.54) is 12.1 Å². The zero-order valence-electron chi connectivity index (χ0n) is 12.8. The molecular formula is C16H14N4O4. The Bertz CT molecular complexity index is 845. The minimum absolute atomic E-state index is 0.00617. The topological polar surface area (TPSA) is 103 Å². The Hall–Kier alpha value is -3.42. The Balaban J connectivity index is 1.69. The molecule has 0 aliphatic rings. The second-order valence-electron chi connectivity index (χ2n) is 4.88. The summed E-state index contributed by atoms with van der Waals surface area (Å²) in [5.41, 5.74) is 0.560. The SMILES string of the molecule is COc1ccc(OCc2nc(-c3cccc([N+](=O)[O-])c3)n[nH]2)cc1. The number of non-ortho nitro benzene ring substituents is 1. The summed E-state index contributed by atoms with van der Waals surface area (Å²) in [7, 11) is 1.60. The Morgan fingerprint density at radius 3 is 2.62 bits per heavy atom. The van der Waals surface area contributed by atoms with E-state index in [-0.39, 0.29) is 12.3 Å². The fourth-order valence-electron chi connectivity index (χ4n) is 2.07. The van der Waals surface area contributed by atoms with E-state index in [1.807, 2.05) is 0 Å². The van der Waals surface area contributed by atoms with Gasteiger partial charge in [-0.05, 0) is 24.3 Å². The number of H-pyrrole nitrogens is 1. The Morgan fingerprint density at radius 2 is 1.92 bits per heavy atom. The van der Waals surface area contributed by atoms with Crippen molar-refractivity contribution in [2.75, 3.05) is 7.11 Å². The molecule has 3 rings (SSSR count). The van der Waals surface area contributed by atoms with Gasteiger partial charge in [-0.3, -0.25) is 15.2 Å². The van der Waals surface area contributed by atoms with Crippen LogP contribution < -0.4 is 9.47 Å². The van der Waals surface area contributed by atoms with Crippen molar-refractivity contribution in [2.45, 2.75) is 6.61 Å². The zero-order valence-corrected chi connectivity index (χ0v) is 12.8. The van der Waals surface area contributed by atoms with Gasteiger partial charge in [0.1, 0.15) is 18.1 Å². The molecule has 0 saturated carbocycles. The summed E-state index contributed by atoms with van der Waals surface area (Å²) in [6, 6.07) is 13.3. The molecule has 122 valence electrons. The molecule has 2 aromatic carbocycles. The third-order valence-electron chi connectivity index (χ3n) is 3.28. The van der Waals surface area contributed by atoms with Crippen LogP contribution in [0.25, 0.3) is 11.4 Å². The second kappa shape index (κ2) is 6.78. The summed E-state index contributed by atoms with van der Waals surface area (Å²) in [5, 5.41) is 17.7. The molecule has 0 saturated heterocycles.